The highest BCUT2D eigenvalue weighted by atomic mass is 16.4. The standard InChI is InChI=1S/C18H21NO3/c20-17(14-3-1-2-4-15(14)18(21)22)19-16-12-6-10-5-11(8-12)9-13(16)7-10/h1-4,10-13,16H,5-9H2,(H,19,20)(H,21,22). The van der Waals surface area contributed by atoms with Gasteiger partial charge in [-0.2, -0.15) is 0 Å². The van der Waals surface area contributed by atoms with E-state index in [-0.39, 0.29) is 23.1 Å². The number of rotatable bonds is 3. The molecule has 4 heteroatoms. The Kier molecular flexibility index (Phi) is 3.21. The number of carboxylic acids is 1. The normalized spacial score (nSPS) is 35.4. The molecule has 0 unspecified atom stereocenters. The van der Waals surface area contributed by atoms with Crippen LogP contribution in [0, 0.1) is 23.7 Å². The molecule has 0 radical (unpaired) electrons. The molecule has 5 rings (SSSR count). The van der Waals surface area contributed by atoms with Gasteiger partial charge in [-0.1, -0.05) is 12.1 Å². The van der Waals surface area contributed by atoms with Crippen LogP contribution in [0.4, 0.5) is 0 Å². The van der Waals surface area contributed by atoms with Crippen LogP contribution in [-0.4, -0.2) is 23.0 Å². The first-order valence-corrected chi connectivity index (χ1v) is 8.25. The van der Waals surface area contributed by atoms with Gasteiger partial charge in [0, 0.05) is 6.04 Å². The number of hydrogen-bond acceptors (Lipinski definition) is 2. The molecule has 22 heavy (non-hydrogen) atoms. The molecule has 4 aliphatic carbocycles. The molecule has 2 N–H and O–H groups in total. The van der Waals surface area contributed by atoms with Gasteiger partial charge in [0.1, 0.15) is 0 Å². The molecule has 0 atom stereocenters. The molecule has 0 saturated heterocycles. The quantitative estimate of drug-likeness (QED) is 0.902. The molecule has 0 spiro atoms. The maximum atomic E-state index is 12.6. The van der Waals surface area contributed by atoms with E-state index in [1.54, 1.807) is 18.2 Å². The molecule has 1 aromatic rings. The van der Waals surface area contributed by atoms with Gasteiger partial charge in [-0.05, 0) is 67.9 Å². The van der Waals surface area contributed by atoms with Crippen molar-refractivity contribution in [2.24, 2.45) is 23.7 Å². The molecular weight excluding hydrogens is 278 g/mol. The summed E-state index contributed by atoms with van der Waals surface area (Å²) in [4.78, 5) is 23.9. The Morgan fingerprint density at radius 3 is 2.00 bits per heavy atom. The second-order valence-electron chi connectivity index (χ2n) is 7.28. The first-order valence-electron chi connectivity index (χ1n) is 8.25. The molecule has 0 heterocycles. The Morgan fingerprint density at radius 1 is 0.909 bits per heavy atom. The lowest BCUT2D eigenvalue weighted by atomic mass is 9.54. The summed E-state index contributed by atoms with van der Waals surface area (Å²) < 4.78 is 0. The van der Waals surface area contributed by atoms with Crippen LogP contribution in [0.15, 0.2) is 24.3 Å². The summed E-state index contributed by atoms with van der Waals surface area (Å²) in [6.07, 6.45) is 6.32. The number of nitrogens with one attached hydrogen (secondary N) is 1. The molecule has 4 saturated carbocycles. The van der Waals surface area contributed by atoms with Crippen molar-refractivity contribution >= 4 is 11.9 Å². The lowest BCUT2D eigenvalue weighted by Crippen LogP contribution is -2.55. The number of carbonyl (C=O) groups is 2. The molecule has 1 amide bonds. The van der Waals surface area contributed by atoms with Crippen molar-refractivity contribution in [1.29, 1.82) is 0 Å². The summed E-state index contributed by atoms with van der Waals surface area (Å²) in [6.45, 7) is 0. The van der Waals surface area contributed by atoms with Crippen molar-refractivity contribution < 1.29 is 14.7 Å². The zero-order valence-corrected chi connectivity index (χ0v) is 12.5. The van der Waals surface area contributed by atoms with Crippen molar-refractivity contribution in [2.45, 2.75) is 38.1 Å². The summed E-state index contributed by atoms with van der Waals surface area (Å²) in [5.41, 5.74) is 0.368. The molecule has 4 fully saturated rings. The number of aromatic carboxylic acids is 1. The predicted octanol–water partition coefficient (Wildman–Crippen LogP) is 2.94. The Bertz CT molecular complexity index is 597. The van der Waals surface area contributed by atoms with Gasteiger partial charge < -0.3 is 10.4 Å². The van der Waals surface area contributed by atoms with Crippen LogP contribution >= 0.6 is 0 Å². The third-order valence-corrected chi connectivity index (χ3v) is 5.93. The van der Waals surface area contributed by atoms with Gasteiger partial charge in [0.2, 0.25) is 0 Å². The zero-order valence-electron chi connectivity index (χ0n) is 12.5. The summed E-state index contributed by atoms with van der Waals surface area (Å²) >= 11 is 0. The number of carboxylic acid groups (broad SMARTS) is 1. The highest BCUT2D eigenvalue weighted by Crippen LogP contribution is 2.53. The third-order valence-electron chi connectivity index (χ3n) is 5.93. The van der Waals surface area contributed by atoms with Gasteiger partial charge in [-0.3, -0.25) is 4.79 Å². The fourth-order valence-electron chi connectivity index (χ4n) is 5.26. The van der Waals surface area contributed by atoms with E-state index in [2.05, 4.69) is 5.32 Å². The van der Waals surface area contributed by atoms with E-state index in [1.165, 1.54) is 38.2 Å². The topological polar surface area (TPSA) is 66.4 Å². The average Bonchev–Trinajstić information content (AvgIpc) is 2.50. The minimum atomic E-state index is -1.05. The molecule has 0 aliphatic heterocycles. The van der Waals surface area contributed by atoms with Crippen LogP contribution in [0.25, 0.3) is 0 Å². The van der Waals surface area contributed by atoms with Crippen molar-refractivity contribution in [3.8, 4) is 0 Å². The fourth-order valence-corrected chi connectivity index (χ4v) is 5.26. The van der Waals surface area contributed by atoms with Crippen LogP contribution in [0.3, 0.4) is 0 Å². The second-order valence-corrected chi connectivity index (χ2v) is 7.28. The summed E-state index contributed by atoms with van der Waals surface area (Å²) in [6, 6.07) is 6.71. The Morgan fingerprint density at radius 2 is 1.45 bits per heavy atom. The predicted molar refractivity (Wildman–Crippen MR) is 81.7 cm³/mol. The van der Waals surface area contributed by atoms with Crippen molar-refractivity contribution in [1.82, 2.24) is 5.32 Å². The van der Waals surface area contributed by atoms with Gasteiger partial charge in [-0.25, -0.2) is 4.79 Å². The van der Waals surface area contributed by atoms with E-state index in [9.17, 15) is 14.7 Å². The van der Waals surface area contributed by atoms with Crippen LogP contribution in [-0.2, 0) is 0 Å². The minimum absolute atomic E-state index is 0.0869. The molecular formula is C18H21NO3. The molecule has 4 aliphatic rings. The molecule has 1 aromatic carbocycles. The Labute approximate surface area is 129 Å². The van der Waals surface area contributed by atoms with Crippen LogP contribution < -0.4 is 5.32 Å². The number of carbonyl (C=O) groups excluding carboxylic acids is 1. The van der Waals surface area contributed by atoms with Crippen LogP contribution in [0.2, 0.25) is 0 Å². The monoisotopic (exact) mass is 299 g/mol. The number of amides is 1. The van der Waals surface area contributed by atoms with Gasteiger partial charge in [0.05, 0.1) is 11.1 Å². The van der Waals surface area contributed by atoms with E-state index in [0.29, 0.717) is 11.8 Å². The molecule has 4 nitrogen and oxygen atoms in total. The van der Waals surface area contributed by atoms with E-state index < -0.39 is 5.97 Å². The van der Waals surface area contributed by atoms with Gasteiger partial charge in [0.15, 0.2) is 0 Å². The average molecular weight is 299 g/mol. The van der Waals surface area contributed by atoms with Crippen molar-refractivity contribution in [2.75, 3.05) is 0 Å². The second kappa shape index (κ2) is 5.11. The fraction of sp³-hybridized carbons (Fsp3) is 0.556. The van der Waals surface area contributed by atoms with E-state index in [0.717, 1.165) is 11.8 Å². The number of hydrogen-bond donors (Lipinski definition) is 2. The summed E-state index contributed by atoms with van der Waals surface area (Å²) in [7, 11) is 0. The Hall–Kier alpha value is -1.84. The zero-order chi connectivity index (χ0) is 15.3. The van der Waals surface area contributed by atoms with E-state index >= 15 is 0 Å². The first kappa shape index (κ1) is 13.8. The van der Waals surface area contributed by atoms with Crippen LogP contribution in [0.5, 0.6) is 0 Å². The lowest BCUT2D eigenvalue weighted by molar-refractivity contribution is -0.0119. The summed E-state index contributed by atoms with van der Waals surface area (Å²) in [5.74, 6) is 1.64. The van der Waals surface area contributed by atoms with E-state index in [1.807, 2.05) is 0 Å². The molecule has 4 bridgehead atoms. The largest absolute Gasteiger partial charge is 0.478 e. The maximum Gasteiger partial charge on any atom is 0.336 e. The van der Waals surface area contributed by atoms with Crippen molar-refractivity contribution in [3.05, 3.63) is 35.4 Å². The molecule has 116 valence electrons. The maximum absolute atomic E-state index is 12.6. The van der Waals surface area contributed by atoms with Crippen molar-refractivity contribution in [3.63, 3.8) is 0 Å². The molecule has 0 aromatic heterocycles. The highest BCUT2D eigenvalue weighted by molar-refractivity contribution is 6.04. The SMILES string of the molecule is O=C(O)c1ccccc1C(=O)NC1C2CC3CC(C2)CC1C3. The number of benzene rings is 1. The minimum Gasteiger partial charge on any atom is -0.478 e. The highest BCUT2D eigenvalue weighted by Gasteiger charge is 2.48. The van der Waals surface area contributed by atoms with Gasteiger partial charge in [-0.15, -0.1) is 0 Å². The first-order chi connectivity index (χ1) is 10.6. The van der Waals surface area contributed by atoms with Gasteiger partial charge in [0.25, 0.3) is 5.91 Å². The van der Waals surface area contributed by atoms with Gasteiger partial charge >= 0.3 is 5.97 Å². The van der Waals surface area contributed by atoms with Crippen LogP contribution in [0.1, 0.15) is 52.8 Å². The smallest absolute Gasteiger partial charge is 0.336 e. The third kappa shape index (κ3) is 2.21. The Balaban J connectivity index is 1.54. The van der Waals surface area contributed by atoms with E-state index in [4.69, 9.17) is 0 Å². The summed E-state index contributed by atoms with van der Waals surface area (Å²) in [5, 5.41) is 12.4. The lowest BCUT2D eigenvalue weighted by Gasteiger charge is -2.54.